The van der Waals surface area contributed by atoms with Crippen molar-refractivity contribution in [3.05, 3.63) is 29.8 Å². The lowest BCUT2D eigenvalue weighted by Crippen LogP contribution is -2.11. The number of nitrogens with two attached hydrogens (primary N) is 1. The fraction of sp³-hybridized carbons (Fsp3) is 0.111. The predicted molar refractivity (Wildman–Crippen MR) is 56.6 cm³/mol. The van der Waals surface area contributed by atoms with Crippen LogP contribution in [0, 0.1) is 0 Å². The highest BCUT2D eigenvalue weighted by Crippen LogP contribution is 2.10. The van der Waals surface area contributed by atoms with Gasteiger partial charge in [-0.15, -0.1) is 0 Å². The van der Waals surface area contributed by atoms with E-state index in [1.165, 1.54) is 6.92 Å². The smallest absolute Gasteiger partial charge is 0.221 e. The Labute approximate surface area is 81.9 Å². The molecule has 13 heavy (non-hydrogen) atoms. The third-order valence-electron chi connectivity index (χ3n) is 1.47. The summed E-state index contributed by atoms with van der Waals surface area (Å²) in [5, 5.41) is 2.65. The zero-order valence-corrected chi connectivity index (χ0v) is 8.02. The zero-order chi connectivity index (χ0) is 9.84. The van der Waals surface area contributed by atoms with Crippen molar-refractivity contribution in [2.45, 2.75) is 6.92 Å². The first-order valence-electron chi connectivity index (χ1n) is 3.77. The van der Waals surface area contributed by atoms with E-state index in [4.69, 9.17) is 18.0 Å². The van der Waals surface area contributed by atoms with Crippen LogP contribution in [0.15, 0.2) is 24.3 Å². The summed E-state index contributed by atoms with van der Waals surface area (Å²) in [6.07, 6.45) is 0. The SMILES string of the molecule is CC(=O)Nc1cccc(C(N)=S)c1. The number of hydrogen-bond acceptors (Lipinski definition) is 2. The highest BCUT2D eigenvalue weighted by atomic mass is 32.1. The molecule has 0 aliphatic heterocycles. The zero-order valence-electron chi connectivity index (χ0n) is 7.20. The molecule has 1 aromatic rings. The monoisotopic (exact) mass is 194 g/mol. The molecule has 0 spiro atoms. The summed E-state index contributed by atoms with van der Waals surface area (Å²) >= 11 is 4.80. The van der Waals surface area contributed by atoms with E-state index in [9.17, 15) is 4.79 Å². The van der Waals surface area contributed by atoms with Crippen molar-refractivity contribution in [3.8, 4) is 0 Å². The summed E-state index contributed by atoms with van der Waals surface area (Å²) in [5.41, 5.74) is 6.89. The van der Waals surface area contributed by atoms with Crippen LogP contribution in [0.5, 0.6) is 0 Å². The lowest BCUT2D eigenvalue weighted by molar-refractivity contribution is -0.114. The Kier molecular flexibility index (Phi) is 2.97. The van der Waals surface area contributed by atoms with Crippen LogP contribution in [0.2, 0.25) is 0 Å². The molecule has 1 rings (SSSR count). The molecule has 0 aromatic heterocycles. The van der Waals surface area contributed by atoms with Gasteiger partial charge in [-0.1, -0.05) is 24.4 Å². The third-order valence-corrected chi connectivity index (χ3v) is 1.70. The quantitative estimate of drug-likeness (QED) is 0.697. The van der Waals surface area contributed by atoms with E-state index in [1.807, 2.05) is 0 Å². The van der Waals surface area contributed by atoms with Crippen LogP contribution < -0.4 is 11.1 Å². The Bertz CT molecular complexity index is 349. The summed E-state index contributed by atoms with van der Waals surface area (Å²) in [6, 6.07) is 7.11. The topological polar surface area (TPSA) is 55.1 Å². The number of rotatable bonds is 2. The summed E-state index contributed by atoms with van der Waals surface area (Å²) in [4.78, 5) is 11.0. The number of carbonyl (C=O) groups is 1. The van der Waals surface area contributed by atoms with E-state index < -0.39 is 0 Å². The minimum absolute atomic E-state index is 0.111. The van der Waals surface area contributed by atoms with Crippen molar-refractivity contribution < 1.29 is 4.79 Å². The Morgan fingerprint density at radius 1 is 1.54 bits per heavy atom. The van der Waals surface area contributed by atoms with Crippen molar-refractivity contribution in [2.75, 3.05) is 5.32 Å². The van der Waals surface area contributed by atoms with Crippen LogP contribution in [0.4, 0.5) is 5.69 Å². The number of anilines is 1. The van der Waals surface area contributed by atoms with E-state index in [2.05, 4.69) is 5.32 Å². The Balaban J connectivity index is 2.91. The minimum Gasteiger partial charge on any atom is -0.389 e. The fourth-order valence-electron chi connectivity index (χ4n) is 0.953. The van der Waals surface area contributed by atoms with Gasteiger partial charge in [-0.05, 0) is 12.1 Å². The van der Waals surface area contributed by atoms with Gasteiger partial charge >= 0.3 is 0 Å². The molecule has 3 N–H and O–H groups in total. The molecule has 1 amide bonds. The summed E-state index contributed by atoms with van der Waals surface area (Å²) in [6.45, 7) is 1.45. The molecule has 0 radical (unpaired) electrons. The molecular weight excluding hydrogens is 184 g/mol. The highest BCUT2D eigenvalue weighted by Gasteiger charge is 1.98. The van der Waals surface area contributed by atoms with Gasteiger partial charge in [-0.2, -0.15) is 0 Å². The average molecular weight is 194 g/mol. The molecular formula is C9H10N2OS. The molecule has 3 nitrogen and oxygen atoms in total. The predicted octanol–water partition coefficient (Wildman–Crippen LogP) is 1.28. The minimum atomic E-state index is -0.111. The van der Waals surface area contributed by atoms with E-state index in [0.29, 0.717) is 10.7 Å². The van der Waals surface area contributed by atoms with Crippen LogP contribution >= 0.6 is 12.2 Å². The Hall–Kier alpha value is -1.42. The van der Waals surface area contributed by atoms with Gasteiger partial charge in [-0.25, -0.2) is 0 Å². The largest absolute Gasteiger partial charge is 0.389 e. The molecule has 0 heterocycles. The summed E-state index contributed by atoms with van der Waals surface area (Å²) in [5.74, 6) is -0.111. The van der Waals surface area contributed by atoms with Crippen LogP contribution in [-0.2, 0) is 4.79 Å². The number of carbonyl (C=O) groups excluding carboxylic acids is 1. The van der Waals surface area contributed by atoms with E-state index in [-0.39, 0.29) is 5.91 Å². The molecule has 0 saturated carbocycles. The molecule has 4 heteroatoms. The highest BCUT2D eigenvalue weighted by molar-refractivity contribution is 7.80. The number of amides is 1. The molecule has 0 atom stereocenters. The van der Waals surface area contributed by atoms with E-state index >= 15 is 0 Å². The van der Waals surface area contributed by atoms with Gasteiger partial charge in [0.15, 0.2) is 0 Å². The Morgan fingerprint density at radius 2 is 2.23 bits per heavy atom. The molecule has 68 valence electrons. The summed E-state index contributed by atoms with van der Waals surface area (Å²) in [7, 11) is 0. The normalized spacial score (nSPS) is 9.31. The van der Waals surface area contributed by atoms with Gasteiger partial charge in [0.2, 0.25) is 5.91 Å². The Morgan fingerprint density at radius 3 is 2.77 bits per heavy atom. The fourth-order valence-corrected chi connectivity index (χ4v) is 1.08. The second-order valence-corrected chi connectivity index (χ2v) is 3.07. The molecule has 0 unspecified atom stereocenters. The van der Waals surface area contributed by atoms with Gasteiger partial charge in [0.1, 0.15) is 4.99 Å². The molecule has 0 bridgehead atoms. The molecule has 0 aliphatic rings. The second-order valence-electron chi connectivity index (χ2n) is 2.63. The average Bonchev–Trinajstić information content (AvgIpc) is 2.03. The molecule has 0 fully saturated rings. The van der Waals surface area contributed by atoms with Crippen LogP contribution in [0.3, 0.4) is 0 Å². The number of thiocarbonyl (C=S) groups is 1. The van der Waals surface area contributed by atoms with Gasteiger partial charge in [0.05, 0.1) is 0 Å². The number of hydrogen-bond donors (Lipinski definition) is 2. The van der Waals surface area contributed by atoms with Crippen LogP contribution in [-0.4, -0.2) is 10.9 Å². The lowest BCUT2D eigenvalue weighted by Gasteiger charge is -2.03. The number of benzene rings is 1. The van der Waals surface area contributed by atoms with Crippen molar-refractivity contribution in [1.29, 1.82) is 0 Å². The van der Waals surface area contributed by atoms with Crippen molar-refractivity contribution in [1.82, 2.24) is 0 Å². The summed E-state index contributed by atoms with van der Waals surface area (Å²) < 4.78 is 0. The second kappa shape index (κ2) is 4.00. The van der Waals surface area contributed by atoms with Crippen molar-refractivity contribution >= 4 is 28.8 Å². The third kappa shape index (κ3) is 2.83. The maximum atomic E-state index is 10.7. The van der Waals surface area contributed by atoms with Gasteiger partial charge in [0.25, 0.3) is 0 Å². The maximum absolute atomic E-state index is 10.7. The van der Waals surface area contributed by atoms with Crippen LogP contribution in [0.1, 0.15) is 12.5 Å². The van der Waals surface area contributed by atoms with Crippen LogP contribution in [0.25, 0.3) is 0 Å². The van der Waals surface area contributed by atoms with E-state index in [0.717, 1.165) is 5.56 Å². The van der Waals surface area contributed by atoms with Gasteiger partial charge in [-0.3, -0.25) is 4.79 Å². The molecule has 1 aromatic carbocycles. The molecule has 0 saturated heterocycles. The molecule has 0 aliphatic carbocycles. The standard InChI is InChI=1S/C9H10N2OS/c1-6(12)11-8-4-2-3-7(5-8)9(10)13/h2-5H,1H3,(H2,10,13)(H,11,12). The van der Waals surface area contributed by atoms with E-state index in [1.54, 1.807) is 24.3 Å². The van der Waals surface area contributed by atoms with Gasteiger partial charge < -0.3 is 11.1 Å². The van der Waals surface area contributed by atoms with Crippen molar-refractivity contribution in [2.24, 2.45) is 5.73 Å². The lowest BCUT2D eigenvalue weighted by atomic mass is 10.2. The number of nitrogens with one attached hydrogen (secondary N) is 1. The maximum Gasteiger partial charge on any atom is 0.221 e. The first kappa shape index (κ1) is 9.67. The van der Waals surface area contributed by atoms with Crippen molar-refractivity contribution in [3.63, 3.8) is 0 Å². The first-order valence-corrected chi connectivity index (χ1v) is 4.18. The first-order chi connectivity index (χ1) is 6.09. The van der Waals surface area contributed by atoms with Gasteiger partial charge in [0, 0.05) is 18.2 Å².